The topological polar surface area (TPSA) is 72.2 Å². The second-order valence-corrected chi connectivity index (χ2v) is 8.00. The van der Waals surface area contributed by atoms with Crippen LogP contribution in [-0.2, 0) is 10.0 Å². The van der Waals surface area contributed by atoms with E-state index in [1.54, 1.807) is 0 Å². The number of anilines is 1. The number of hydrogen-bond acceptors (Lipinski definition) is 3. The number of halogens is 1. The maximum atomic E-state index is 12.2. The van der Waals surface area contributed by atoms with Crippen molar-refractivity contribution in [1.29, 1.82) is 0 Å². The van der Waals surface area contributed by atoms with Crippen LogP contribution >= 0.6 is 11.6 Å². The van der Waals surface area contributed by atoms with Crippen molar-refractivity contribution in [3.05, 3.63) is 23.2 Å². The van der Waals surface area contributed by atoms with E-state index in [0.29, 0.717) is 18.2 Å². The van der Waals surface area contributed by atoms with Crippen LogP contribution in [0.5, 0.6) is 0 Å². The van der Waals surface area contributed by atoms with Crippen LogP contribution in [0.2, 0.25) is 5.02 Å². The molecular weight excluding hydrogens is 308 g/mol. The average Bonchev–Trinajstić information content (AvgIpc) is 2.48. The number of nitrogens with two attached hydrogens (primary N) is 1. The van der Waals surface area contributed by atoms with Crippen molar-refractivity contribution < 1.29 is 8.42 Å². The van der Waals surface area contributed by atoms with Crippen molar-refractivity contribution in [2.45, 2.75) is 43.9 Å². The molecule has 3 N–H and O–H groups in total. The first-order valence-corrected chi connectivity index (χ1v) is 9.33. The summed E-state index contributed by atoms with van der Waals surface area (Å²) in [4.78, 5) is 0.170. The molecule has 118 valence electrons. The van der Waals surface area contributed by atoms with Gasteiger partial charge in [-0.3, -0.25) is 0 Å². The van der Waals surface area contributed by atoms with E-state index in [1.807, 2.05) is 0 Å². The maximum absolute atomic E-state index is 12.2. The van der Waals surface area contributed by atoms with E-state index in [4.69, 9.17) is 17.3 Å². The third kappa shape index (κ3) is 4.34. The summed E-state index contributed by atoms with van der Waals surface area (Å²) in [7, 11) is -3.51. The van der Waals surface area contributed by atoms with E-state index >= 15 is 0 Å². The normalized spacial score (nSPS) is 23.1. The van der Waals surface area contributed by atoms with Gasteiger partial charge in [-0.15, -0.1) is 0 Å². The van der Waals surface area contributed by atoms with E-state index in [0.717, 1.165) is 18.8 Å². The number of sulfonamides is 1. The second kappa shape index (κ2) is 6.99. The van der Waals surface area contributed by atoms with Crippen LogP contribution in [0.4, 0.5) is 5.69 Å². The molecule has 1 aliphatic carbocycles. The van der Waals surface area contributed by atoms with Crippen LogP contribution in [0.1, 0.15) is 39.0 Å². The quantitative estimate of drug-likeness (QED) is 0.812. The number of benzene rings is 1. The summed E-state index contributed by atoms with van der Waals surface area (Å²) in [5.41, 5.74) is 5.98. The highest BCUT2D eigenvalue weighted by molar-refractivity contribution is 7.89. The Balaban J connectivity index is 1.94. The van der Waals surface area contributed by atoms with E-state index < -0.39 is 10.0 Å². The molecular formula is C15H23ClN2O2S. The highest BCUT2D eigenvalue weighted by Gasteiger charge is 2.22. The van der Waals surface area contributed by atoms with Gasteiger partial charge in [0.05, 0.1) is 15.6 Å². The SMILES string of the molecule is CCC1CCC(CNS(=O)(=O)c2ccc(N)c(Cl)c2)CC1. The van der Waals surface area contributed by atoms with Gasteiger partial charge < -0.3 is 5.73 Å². The lowest BCUT2D eigenvalue weighted by atomic mass is 9.81. The first-order chi connectivity index (χ1) is 9.92. The van der Waals surface area contributed by atoms with Crippen molar-refractivity contribution in [2.75, 3.05) is 12.3 Å². The highest BCUT2D eigenvalue weighted by atomic mass is 35.5. The molecule has 21 heavy (non-hydrogen) atoms. The molecule has 0 unspecified atom stereocenters. The standard InChI is InChI=1S/C15H23ClN2O2S/c1-2-11-3-5-12(6-4-11)10-18-21(19,20)13-7-8-15(17)14(16)9-13/h7-9,11-12,18H,2-6,10,17H2,1H3. The fraction of sp³-hybridized carbons (Fsp3) is 0.600. The second-order valence-electron chi connectivity index (χ2n) is 5.83. The van der Waals surface area contributed by atoms with Gasteiger partial charge >= 0.3 is 0 Å². The van der Waals surface area contributed by atoms with Crippen molar-refractivity contribution in [3.63, 3.8) is 0 Å². The molecule has 0 aromatic heterocycles. The Hall–Kier alpha value is -0.780. The summed E-state index contributed by atoms with van der Waals surface area (Å²) in [6.45, 7) is 2.72. The Morgan fingerprint density at radius 2 is 1.86 bits per heavy atom. The zero-order valence-electron chi connectivity index (χ0n) is 12.3. The van der Waals surface area contributed by atoms with E-state index in [2.05, 4.69) is 11.6 Å². The number of rotatable bonds is 5. The minimum absolute atomic E-state index is 0.170. The van der Waals surface area contributed by atoms with Gasteiger partial charge in [0.1, 0.15) is 0 Å². The summed E-state index contributed by atoms with van der Waals surface area (Å²) in [6, 6.07) is 4.40. The summed E-state index contributed by atoms with van der Waals surface area (Å²) in [5.74, 6) is 1.25. The van der Waals surface area contributed by atoms with Crippen molar-refractivity contribution >= 4 is 27.3 Å². The Bertz CT molecular complexity index is 581. The molecule has 4 nitrogen and oxygen atoms in total. The Kier molecular flexibility index (Phi) is 5.52. The molecule has 0 aliphatic heterocycles. The van der Waals surface area contributed by atoms with Crippen LogP contribution in [0.15, 0.2) is 23.1 Å². The largest absolute Gasteiger partial charge is 0.398 e. The fourth-order valence-corrected chi connectivity index (χ4v) is 4.22. The van der Waals surface area contributed by atoms with E-state index in [-0.39, 0.29) is 9.92 Å². The van der Waals surface area contributed by atoms with Crippen molar-refractivity contribution in [3.8, 4) is 0 Å². The number of hydrogen-bond donors (Lipinski definition) is 2. The number of nitrogens with one attached hydrogen (secondary N) is 1. The zero-order valence-corrected chi connectivity index (χ0v) is 13.9. The van der Waals surface area contributed by atoms with Crippen LogP contribution < -0.4 is 10.5 Å². The third-order valence-corrected chi connectivity index (χ3v) is 6.14. The summed E-state index contributed by atoms with van der Waals surface area (Å²) < 4.78 is 27.2. The van der Waals surface area contributed by atoms with Crippen LogP contribution in [0.25, 0.3) is 0 Å². The Labute approximate surface area is 132 Å². The van der Waals surface area contributed by atoms with Gasteiger partial charge in [0.15, 0.2) is 0 Å². The maximum Gasteiger partial charge on any atom is 0.240 e. The van der Waals surface area contributed by atoms with Gasteiger partial charge in [0.25, 0.3) is 0 Å². The smallest absolute Gasteiger partial charge is 0.240 e. The predicted molar refractivity (Wildman–Crippen MR) is 86.8 cm³/mol. The predicted octanol–water partition coefficient (Wildman–Crippen LogP) is 3.42. The average molecular weight is 331 g/mol. The fourth-order valence-electron chi connectivity index (χ4n) is 2.83. The Morgan fingerprint density at radius 1 is 1.24 bits per heavy atom. The van der Waals surface area contributed by atoms with Crippen molar-refractivity contribution in [2.24, 2.45) is 11.8 Å². The molecule has 0 heterocycles. The van der Waals surface area contributed by atoms with Gasteiger partial charge in [0.2, 0.25) is 10.0 Å². The highest BCUT2D eigenvalue weighted by Crippen LogP contribution is 2.30. The molecule has 1 aliphatic rings. The first-order valence-electron chi connectivity index (χ1n) is 7.47. The monoisotopic (exact) mass is 330 g/mol. The summed E-state index contributed by atoms with van der Waals surface area (Å²) in [6.07, 6.45) is 5.84. The number of nitrogen functional groups attached to an aromatic ring is 1. The summed E-state index contributed by atoms with van der Waals surface area (Å²) in [5, 5.41) is 0.265. The van der Waals surface area contributed by atoms with Gasteiger partial charge in [-0.05, 0) is 42.9 Å². The Morgan fingerprint density at radius 3 is 2.43 bits per heavy atom. The van der Waals surface area contributed by atoms with Crippen molar-refractivity contribution in [1.82, 2.24) is 4.72 Å². The molecule has 0 amide bonds. The summed E-state index contributed by atoms with van der Waals surface area (Å²) >= 11 is 5.88. The van der Waals surface area contributed by atoms with E-state index in [1.165, 1.54) is 37.5 Å². The molecule has 0 radical (unpaired) electrons. The molecule has 0 bridgehead atoms. The molecule has 0 saturated heterocycles. The van der Waals surface area contributed by atoms with Gasteiger partial charge in [-0.25, -0.2) is 13.1 Å². The molecule has 2 rings (SSSR count). The van der Waals surface area contributed by atoms with Crippen LogP contribution in [0.3, 0.4) is 0 Å². The third-order valence-electron chi connectivity index (χ3n) is 4.39. The van der Waals surface area contributed by atoms with Gasteiger partial charge in [-0.1, -0.05) is 37.8 Å². The molecule has 1 aromatic rings. The lowest BCUT2D eigenvalue weighted by molar-refractivity contribution is 0.270. The molecule has 1 fully saturated rings. The molecule has 0 spiro atoms. The molecule has 1 saturated carbocycles. The minimum atomic E-state index is -3.51. The van der Waals surface area contributed by atoms with E-state index in [9.17, 15) is 8.42 Å². The van der Waals surface area contributed by atoms with Gasteiger partial charge in [0, 0.05) is 6.54 Å². The van der Waals surface area contributed by atoms with Crippen LogP contribution in [0, 0.1) is 11.8 Å². The lowest BCUT2D eigenvalue weighted by Gasteiger charge is -2.27. The molecule has 6 heteroatoms. The lowest BCUT2D eigenvalue weighted by Crippen LogP contribution is -2.31. The molecule has 0 atom stereocenters. The first kappa shape index (κ1) is 16.6. The van der Waals surface area contributed by atoms with Crippen LogP contribution in [-0.4, -0.2) is 15.0 Å². The van der Waals surface area contributed by atoms with Gasteiger partial charge in [-0.2, -0.15) is 0 Å². The zero-order chi connectivity index (χ0) is 15.5. The molecule has 1 aromatic carbocycles. The minimum Gasteiger partial charge on any atom is -0.398 e.